The van der Waals surface area contributed by atoms with Crippen molar-refractivity contribution in [3.63, 3.8) is 0 Å². The van der Waals surface area contributed by atoms with Gasteiger partial charge in [-0.1, -0.05) is 30.3 Å². The fourth-order valence-corrected chi connectivity index (χ4v) is 4.28. The van der Waals surface area contributed by atoms with Crippen LogP contribution in [0.1, 0.15) is 12.0 Å². The van der Waals surface area contributed by atoms with Gasteiger partial charge in [0, 0.05) is 24.5 Å². The summed E-state index contributed by atoms with van der Waals surface area (Å²) in [6.07, 6.45) is -3.68. The molecule has 1 aromatic heterocycles. The number of benzene rings is 2. The van der Waals surface area contributed by atoms with E-state index < -0.39 is 41.9 Å². The van der Waals surface area contributed by atoms with Crippen molar-refractivity contribution in [3.05, 3.63) is 60.3 Å². The highest BCUT2D eigenvalue weighted by Crippen LogP contribution is 2.30. The molecule has 0 radical (unpaired) electrons. The molecule has 12 heteroatoms. The summed E-state index contributed by atoms with van der Waals surface area (Å²) in [5, 5.41) is 12.6. The van der Waals surface area contributed by atoms with Crippen LogP contribution in [0, 0.1) is 17.2 Å². The van der Waals surface area contributed by atoms with Gasteiger partial charge in [0.05, 0.1) is 29.2 Å². The van der Waals surface area contributed by atoms with Crippen LogP contribution in [0.2, 0.25) is 0 Å². The molecule has 9 nitrogen and oxygen atoms in total. The molecular formula is C24H20F3N5O4. The minimum absolute atomic E-state index is 0.00950. The summed E-state index contributed by atoms with van der Waals surface area (Å²) in [7, 11) is 0. The number of carbonyl (C=O) groups is 3. The van der Waals surface area contributed by atoms with Crippen LogP contribution in [-0.4, -0.2) is 46.3 Å². The van der Waals surface area contributed by atoms with Gasteiger partial charge >= 0.3 is 18.4 Å². The summed E-state index contributed by atoms with van der Waals surface area (Å²) in [4.78, 5) is 39.2. The van der Waals surface area contributed by atoms with E-state index in [9.17, 15) is 32.8 Å². The first-order valence-electron chi connectivity index (χ1n) is 10.8. The van der Waals surface area contributed by atoms with Crippen molar-refractivity contribution < 1.29 is 32.3 Å². The minimum atomic E-state index is -4.87. The average Bonchev–Trinajstić information content (AvgIpc) is 3.41. The Balaban J connectivity index is 1.54. The number of nitrogens with zero attached hydrogens (tertiary/aromatic N) is 3. The number of halogens is 3. The highest BCUT2D eigenvalue weighted by molar-refractivity contribution is 6.05. The molecule has 0 unspecified atom stereocenters. The van der Waals surface area contributed by atoms with E-state index in [0.717, 1.165) is 12.1 Å². The number of ketones is 1. The molecule has 36 heavy (non-hydrogen) atoms. The number of ether oxygens (including phenoxy) is 1. The Labute approximate surface area is 202 Å². The number of nitrogens with one attached hydrogen (secondary N) is 1. The van der Waals surface area contributed by atoms with Gasteiger partial charge in [-0.25, -0.2) is 9.59 Å². The number of hydrogen-bond donors (Lipinski definition) is 2. The van der Waals surface area contributed by atoms with Crippen molar-refractivity contribution in [1.29, 1.82) is 5.26 Å². The number of urea groups is 1. The lowest BCUT2D eigenvalue weighted by molar-refractivity contribution is -0.274. The van der Waals surface area contributed by atoms with E-state index in [1.54, 1.807) is 24.3 Å². The zero-order valence-electron chi connectivity index (χ0n) is 18.7. The van der Waals surface area contributed by atoms with E-state index >= 15 is 0 Å². The number of alkyl halides is 3. The number of para-hydroxylation sites is 1. The Morgan fingerprint density at radius 1 is 1.17 bits per heavy atom. The second kappa shape index (κ2) is 9.61. The highest BCUT2D eigenvalue weighted by Gasteiger charge is 2.40. The van der Waals surface area contributed by atoms with Crippen molar-refractivity contribution in [2.75, 3.05) is 11.9 Å². The van der Waals surface area contributed by atoms with Crippen LogP contribution in [0.25, 0.3) is 10.9 Å². The fraction of sp³-hybridized carbons (Fsp3) is 0.250. The molecule has 1 aliphatic rings. The molecular weight excluding hydrogens is 479 g/mol. The van der Waals surface area contributed by atoms with Crippen LogP contribution in [-0.2, 0) is 11.2 Å². The number of primary amides is 1. The van der Waals surface area contributed by atoms with Gasteiger partial charge in [0.15, 0.2) is 5.78 Å². The van der Waals surface area contributed by atoms with Gasteiger partial charge in [-0.05, 0) is 30.2 Å². The molecule has 3 aromatic rings. The standard InChI is InChI=1S/C24H20F3N5O4/c25-24(26,27)36-16-5-3-4-14(8-16)10-21(33)20-9-15(11-28)12-32(20)23(35)30-18-13-31(22(29)34)19-7-2-1-6-17(18)19/h1-8,13,15,20H,9-10,12H2,(H2,29,34)(H,30,35)/t15-,20-/m0/s1. The van der Waals surface area contributed by atoms with Crippen molar-refractivity contribution >= 4 is 34.4 Å². The number of nitrogens with two attached hydrogens (primary N) is 1. The zero-order chi connectivity index (χ0) is 26.0. The number of rotatable bonds is 5. The molecule has 2 atom stereocenters. The molecule has 2 aromatic carbocycles. The van der Waals surface area contributed by atoms with E-state index in [1.165, 1.54) is 27.8 Å². The van der Waals surface area contributed by atoms with Crippen molar-refractivity contribution in [2.45, 2.75) is 25.2 Å². The highest BCUT2D eigenvalue weighted by atomic mass is 19.4. The Kier molecular flexibility index (Phi) is 6.57. The maximum absolute atomic E-state index is 13.2. The van der Waals surface area contributed by atoms with Crippen LogP contribution < -0.4 is 15.8 Å². The number of hydrogen-bond acceptors (Lipinski definition) is 5. The molecule has 0 saturated carbocycles. The number of likely N-dealkylation sites (tertiary alicyclic amines) is 1. The van der Waals surface area contributed by atoms with Crippen LogP contribution in [0.15, 0.2) is 54.7 Å². The number of fused-ring (bicyclic) bond motifs is 1. The maximum Gasteiger partial charge on any atom is 0.573 e. The molecule has 2 heterocycles. The van der Waals surface area contributed by atoms with Gasteiger partial charge in [0.25, 0.3) is 0 Å². The lowest BCUT2D eigenvalue weighted by Crippen LogP contribution is -2.43. The van der Waals surface area contributed by atoms with Crippen LogP contribution in [0.4, 0.5) is 28.4 Å². The van der Waals surface area contributed by atoms with Gasteiger partial charge in [-0.2, -0.15) is 5.26 Å². The molecule has 186 valence electrons. The number of Topliss-reactive ketones (excluding diaryl/α,β-unsaturated/α-hetero) is 1. The second-order valence-corrected chi connectivity index (χ2v) is 8.27. The van der Waals surface area contributed by atoms with E-state index in [4.69, 9.17) is 5.73 Å². The average molecular weight is 499 g/mol. The van der Waals surface area contributed by atoms with Crippen molar-refractivity contribution in [1.82, 2.24) is 9.47 Å². The minimum Gasteiger partial charge on any atom is -0.406 e. The molecule has 0 spiro atoms. The third-order valence-corrected chi connectivity index (χ3v) is 5.82. The molecule has 3 amide bonds. The SMILES string of the molecule is N#C[C@@H]1C[C@@H](C(=O)Cc2cccc(OC(F)(F)F)c2)N(C(=O)Nc2cn(C(N)=O)c3ccccc23)C1. The second-order valence-electron chi connectivity index (χ2n) is 8.27. The molecule has 4 rings (SSSR count). The smallest absolute Gasteiger partial charge is 0.406 e. The van der Waals surface area contributed by atoms with Gasteiger partial charge in [0.1, 0.15) is 5.75 Å². The first-order chi connectivity index (χ1) is 17.1. The van der Waals surface area contributed by atoms with E-state index in [2.05, 4.69) is 16.1 Å². The topological polar surface area (TPSA) is 130 Å². The van der Waals surface area contributed by atoms with E-state index in [-0.39, 0.29) is 30.6 Å². The Morgan fingerprint density at radius 2 is 1.92 bits per heavy atom. The predicted molar refractivity (Wildman–Crippen MR) is 122 cm³/mol. The summed E-state index contributed by atoms with van der Waals surface area (Å²) < 4.78 is 42.7. The quantitative estimate of drug-likeness (QED) is 0.548. The van der Waals surface area contributed by atoms with Gasteiger partial charge < -0.3 is 20.7 Å². The molecule has 1 saturated heterocycles. The van der Waals surface area contributed by atoms with Crippen LogP contribution >= 0.6 is 0 Å². The molecule has 1 fully saturated rings. The number of amides is 3. The number of aromatic nitrogens is 1. The van der Waals surface area contributed by atoms with Crippen molar-refractivity contribution in [2.24, 2.45) is 11.7 Å². The van der Waals surface area contributed by atoms with Gasteiger partial charge in [0.2, 0.25) is 0 Å². The first kappa shape index (κ1) is 24.6. The third kappa shape index (κ3) is 5.25. The fourth-order valence-electron chi connectivity index (χ4n) is 4.28. The monoisotopic (exact) mass is 499 g/mol. The van der Waals surface area contributed by atoms with Crippen LogP contribution in [0.3, 0.4) is 0 Å². The molecule has 3 N–H and O–H groups in total. The Morgan fingerprint density at radius 3 is 2.61 bits per heavy atom. The molecule has 0 aliphatic carbocycles. The molecule has 0 bridgehead atoms. The van der Waals surface area contributed by atoms with E-state index in [1.807, 2.05) is 0 Å². The first-order valence-corrected chi connectivity index (χ1v) is 10.8. The largest absolute Gasteiger partial charge is 0.573 e. The summed E-state index contributed by atoms with van der Waals surface area (Å²) >= 11 is 0. The Bertz CT molecular complexity index is 1380. The third-order valence-electron chi connectivity index (χ3n) is 5.82. The number of anilines is 1. The zero-order valence-corrected chi connectivity index (χ0v) is 18.7. The predicted octanol–water partition coefficient (Wildman–Crippen LogP) is 4.02. The maximum atomic E-state index is 13.2. The number of carbonyl (C=O) groups excluding carboxylic acids is 3. The van der Waals surface area contributed by atoms with Crippen LogP contribution in [0.5, 0.6) is 5.75 Å². The van der Waals surface area contributed by atoms with Gasteiger partial charge in [-0.3, -0.25) is 9.36 Å². The normalized spacial score (nSPS) is 17.6. The lowest BCUT2D eigenvalue weighted by Gasteiger charge is -2.24. The van der Waals surface area contributed by atoms with E-state index in [0.29, 0.717) is 10.9 Å². The number of nitriles is 1. The summed E-state index contributed by atoms with van der Waals surface area (Å²) in [5.41, 5.74) is 6.45. The Hall–Kier alpha value is -4.53. The summed E-state index contributed by atoms with van der Waals surface area (Å²) in [5.74, 6) is -1.50. The molecule has 1 aliphatic heterocycles. The summed E-state index contributed by atoms with van der Waals surface area (Å²) in [6, 6.07) is 11.5. The van der Waals surface area contributed by atoms with Crippen molar-refractivity contribution in [3.8, 4) is 11.8 Å². The lowest BCUT2D eigenvalue weighted by atomic mass is 9.99. The summed E-state index contributed by atoms with van der Waals surface area (Å²) in [6.45, 7) is -0.00950. The van der Waals surface area contributed by atoms with Gasteiger partial charge in [-0.15, -0.1) is 13.2 Å².